The smallest absolute Gasteiger partial charge is 0.217 e. The van der Waals surface area contributed by atoms with Gasteiger partial charge in [-0.05, 0) is 44.6 Å². The first-order valence-electron chi connectivity index (χ1n) is 6.68. The molecular formula is C13H24N2O2. The predicted molar refractivity (Wildman–Crippen MR) is 66.6 cm³/mol. The third-order valence-corrected chi connectivity index (χ3v) is 3.87. The molecule has 98 valence electrons. The van der Waals surface area contributed by atoms with E-state index < -0.39 is 0 Å². The average molecular weight is 240 g/mol. The van der Waals surface area contributed by atoms with E-state index in [2.05, 4.69) is 17.3 Å². The average Bonchev–Trinajstić information content (AvgIpc) is 2.97. The van der Waals surface area contributed by atoms with Crippen LogP contribution in [0.25, 0.3) is 0 Å². The van der Waals surface area contributed by atoms with Gasteiger partial charge in [0.05, 0.1) is 6.10 Å². The normalized spacial score (nSPS) is 32.2. The molecule has 2 rings (SSSR count). The van der Waals surface area contributed by atoms with E-state index in [-0.39, 0.29) is 18.1 Å². The minimum atomic E-state index is -0.121. The monoisotopic (exact) mass is 240 g/mol. The zero-order valence-electron chi connectivity index (χ0n) is 10.9. The number of nitrogens with zero attached hydrogens (tertiary/aromatic N) is 1. The number of nitrogens with one attached hydrogen (secondary N) is 1. The molecule has 0 aromatic heterocycles. The standard InChI is InChI=1S/C13H24N2O2/c1-9(16)14-12-5-10(7-15(2)8-12)6-13(17)11-3-4-11/h10-13,17H,3-8H2,1-2H3,(H,14,16). The van der Waals surface area contributed by atoms with E-state index in [1.54, 1.807) is 6.92 Å². The molecule has 0 bridgehead atoms. The van der Waals surface area contributed by atoms with Crippen molar-refractivity contribution in [2.75, 3.05) is 20.1 Å². The van der Waals surface area contributed by atoms with Gasteiger partial charge in [0.1, 0.15) is 0 Å². The molecule has 3 unspecified atom stereocenters. The number of piperidine rings is 1. The first-order chi connectivity index (χ1) is 8.04. The maximum Gasteiger partial charge on any atom is 0.217 e. The van der Waals surface area contributed by atoms with Gasteiger partial charge >= 0.3 is 0 Å². The van der Waals surface area contributed by atoms with Crippen LogP contribution in [0.15, 0.2) is 0 Å². The number of likely N-dealkylation sites (N-methyl/N-ethyl adjacent to an activating group) is 1. The molecule has 1 saturated heterocycles. The molecule has 0 spiro atoms. The highest BCUT2D eigenvalue weighted by Crippen LogP contribution is 2.36. The summed E-state index contributed by atoms with van der Waals surface area (Å²) in [5, 5.41) is 13.0. The highest BCUT2D eigenvalue weighted by atomic mass is 16.3. The molecule has 1 saturated carbocycles. The van der Waals surface area contributed by atoms with Crippen molar-refractivity contribution in [1.29, 1.82) is 0 Å². The molecule has 0 radical (unpaired) electrons. The van der Waals surface area contributed by atoms with Crippen LogP contribution in [0.2, 0.25) is 0 Å². The third-order valence-electron chi connectivity index (χ3n) is 3.87. The summed E-state index contributed by atoms with van der Waals surface area (Å²) in [6.45, 7) is 3.54. The Balaban J connectivity index is 1.82. The van der Waals surface area contributed by atoms with E-state index in [1.165, 1.54) is 12.8 Å². The Kier molecular flexibility index (Phi) is 4.05. The molecule has 17 heavy (non-hydrogen) atoms. The zero-order valence-corrected chi connectivity index (χ0v) is 10.9. The maximum atomic E-state index is 11.1. The van der Waals surface area contributed by atoms with Crippen LogP contribution in [-0.2, 0) is 4.79 Å². The predicted octanol–water partition coefficient (Wildman–Crippen LogP) is 0.604. The van der Waals surface area contributed by atoms with Gasteiger partial charge in [0.15, 0.2) is 0 Å². The molecule has 3 atom stereocenters. The molecule has 2 fully saturated rings. The van der Waals surface area contributed by atoms with Gasteiger partial charge in [0.2, 0.25) is 5.91 Å². The molecule has 1 amide bonds. The lowest BCUT2D eigenvalue weighted by molar-refractivity contribution is -0.120. The van der Waals surface area contributed by atoms with Crippen molar-refractivity contribution in [2.24, 2.45) is 11.8 Å². The van der Waals surface area contributed by atoms with Crippen molar-refractivity contribution in [2.45, 2.75) is 44.8 Å². The van der Waals surface area contributed by atoms with Crippen LogP contribution in [0.1, 0.15) is 32.6 Å². The number of carbonyl (C=O) groups excluding carboxylic acids is 1. The summed E-state index contributed by atoms with van der Waals surface area (Å²) in [5.74, 6) is 1.12. The summed E-state index contributed by atoms with van der Waals surface area (Å²) in [6.07, 6.45) is 4.17. The van der Waals surface area contributed by atoms with Gasteiger partial charge in [-0.3, -0.25) is 4.79 Å². The number of carbonyl (C=O) groups is 1. The van der Waals surface area contributed by atoms with Gasteiger partial charge in [-0.2, -0.15) is 0 Å². The van der Waals surface area contributed by atoms with Gasteiger partial charge in [0, 0.05) is 26.1 Å². The Morgan fingerprint density at radius 3 is 2.76 bits per heavy atom. The van der Waals surface area contributed by atoms with E-state index in [9.17, 15) is 9.90 Å². The van der Waals surface area contributed by atoms with Crippen LogP contribution in [0.5, 0.6) is 0 Å². The first kappa shape index (κ1) is 12.8. The highest BCUT2D eigenvalue weighted by Gasteiger charge is 2.34. The SMILES string of the molecule is CC(=O)NC1CC(CC(O)C2CC2)CN(C)C1. The van der Waals surface area contributed by atoms with Crippen LogP contribution in [0, 0.1) is 11.8 Å². The minimum Gasteiger partial charge on any atom is -0.393 e. The van der Waals surface area contributed by atoms with Crippen LogP contribution in [0.3, 0.4) is 0 Å². The second-order valence-corrected chi connectivity index (χ2v) is 5.86. The fourth-order valence-electron chi connectivity index (χ4n) is 3.02. The summed E-state index contributed by atoms with van der Waals surface area (Å²) >= 11 is 0. The largest absolute Gasteiger partial charge is 0.393 e. The topological polar surface area (TPSA) is 52.6 Å². The van der Waals surface area contributed by atoms with E-state index in [0.717, 1.165) is 25.9 Å². The Labute approximate surface area is 103 Å². The third kappa shape index (κ3) is 3.96. The molecular weight excluding hydrogens is 216 g/mol. The van der Waals surface area contributed by atoms with Gasteiger partial charge in [0.25, 0.3) is 0 Å². The quantitative estimate of drug-likeness (QED) is 0.757. The second kappa shape index (κ2) is 5.36. The molecule has 1 heterocycles. The Morgan fingerprint density at radius 1 is 1.47 bits per heavy atom. The molecule has 2 N–H and O–H groups in total. The summed E-state index contributed by atoms with van der Waals surface area (Å²) in [7, 11) is 2.09. The summed E-state index contributed by atoms with van der Waals surface area (Å²) in [5.41, 5.74) is 0. The lowest BCUT2D eigenvalue weighted by atomic mass is 9.88. The second-order valence-electron chi connectivity index (χ2n) is 5.86. The fourth-order valence-corrected chi connectivity index (χ4v) is 3.02. The lowest BCUT2D eigenvalue weighted by Crippen LogP contribution is -2.49. The number of aliphatic hydroxyl groups excluding tert-OH is 1. The number of likely N-dealkylation sites (tertiary alicyclic amines) is 1. The molecule has 0 aromatic rings. The van der Waals surface area contributed by atoms with Crippen LogP contribution in [0.4, 0.5) is 0 Å². The number of hydrogen-bond donors (Lipinski definition) is 2. The number of hydrogen-bond acceptors (Lipinski definition) is 3. The summed E-state index contributed by atoms with van der Waals surface area (Å²) in [6, 6.07) is 0.252. The van der Waals surface area contributed by atoms with Crippen molar-refractivity contribution >= 4 is 5.91 Å². The summed E-state index contributed by atoms with van der Waals surface area (Å²) in [4.78, 5) is 13.3. The van der Waals surface area contributed by atoms with Gasteiger partial charge in [-0.1, -0.05) is 0 Å². The number of amides is 1. The Morgan fingerprint density at radius 2 is 2.18 bits per heavy atom. The number of aliphatic hydroxyl groups is 1. The fraction of sp³-hybridized carbons (Fsp3) is 0.923. The van der Waals surface area contributed by atoms with Crippen molar-refractivity contribution in [3.63, 3.8) is 0 Å². The molecule has 1 aliphatic carbocycles. The minimum absolute atomic E-state index is 0.0480. The Bertz CT molecular complexity index is 279. The molecule has 0 aromatic carbocycles. The van der Waals surface area contributed by atoms with Crippen LogP contribution in [-0.4, -0.2) is 48.2 Å². The molecule has 4 heteroatoms. The summed E-state index contributed by atoms with van der Waals surface area (Å²) < 4.78 is 0. The maximum absolute atomic E-state index is 11.1. The van der Waals surface area contributed by atoms with Crippen LogP contribution < -0.4 is 5.32 Å². The van der Waals surface area contributed by atoms with Gasteiger partial charge in [-0.15, -0.1) is 0 Å². The van der Waals surface area contributed by atoms with Gasteiger partial charge < -0.3 is 15.3 Å². The molecule has 1 aliphatic heterocycles. The van der Waals surface area contributed by atoms with E-state index in [4.69, 9.17) is 0 Å². The van der Waals surface area contributed by atoms with Crippen molar-refractivity contribution < 1.29 is 9.90 Å². The van der Waals surface area contributed by atoms with E-state index >= 15 is 0 Å². The van der Waals surface area contributed by atoms with Crippen molar-refractivity contribution in [3.8, 4) is 0 Å². The van der Waals surface area contributed by atoms with E-state index in [1.807, 2.05) is 0 Å². The lowest BCUT2D eigenvalue weighted by Gasteiger charge is -2.36. The highest BCUT2D eigenvalue weighted by molar-refractivity contribution is 5.73. The number of rotatable bonds is 4. The van der Waals surface area contributed by atoms with Gasteiger partial charge in [-0.25, -0.2) is 0 Å². The molecule has 2 aliphatic rings. The Hall–Kier alpha value is -0.610. The van der Waals surface area contributed by atoms with Crippen molar-refractivity contribution in [1.82, 2.24) is 10.2 Å². The molecule has 4 nitrogen and oxygen atoms in total. The zero-order chi connectivity index (χ0) is 12.4. The van der Waals surface area contributed by atoms with E-state index in [0.29, 0.717) is 11.8 Å². The van der Waals surface area contributed by atoms with Crippen LogP contribution >= 0.6 is 0 Å². The first-order valence-corrected chi connectivity index (χ1v) is 6.68. The van der Waals surface area contributed by atoms with Crippen molar-refractivity contribution in [3.05, 3.63) is 0 Å².